The average Bonchev–Trinajstić information content (AvgIpc) is 2.34. The van der Waals surface area contributed by atoms with Gasteiger partial charge in [-0.15, -0.1) is 6.58 Å². The molecule has 0 atom stereocenters. The van der Waals surface area contributed by atoms with Gasteiger partial charge in [-0.05, 0) is 40.9 Å². The van der Waals surface area contributed by atoms with Gasteiger partial charge in [-0.3, -0.25) is 4.98 Å². The second-order valence-electron chi connectivity index (χ2n) is 3.89. The van der Waals surface area contributed by atoms with Gasteiger partial charge in [0.1, 0.15) is 0 Å². The predicted octanol–water partition coefficient (Wildman–Crippen LogP) is 4.38. The molecular formula is C14H15BrN2. The number of fused-ring (bicyclic) bond motifs is 1. The summed E-state index contributed by atoms with van der Waals surface area (Å²) in [5.74, 6) is 0. The molecule has 0 aliphatic carbocycles. The van der Waals surface area contributed by atoms with E-state index in [2.05, 4.69) is 51.0 Å². The van der Waals surface area contributed by atoms with Crippen molar-refractivity contribution in [3.05, 3.63) is 47.6 Å². The monoisotopic (exact) mass is 290 g/mol. The fourth-order valence-electron chi connectivity index (χ4n) is 1.75. The molecule has 2 aromatic rings. The first-order valence-corrected chi connectivity index (χ1v) is 6.49. The molecule has 0 aliphatic heterocycles. The summed E-state index contributed by atoms with van der Waals surface area (Å²) in [4.78, 5) is 4.45. The normalized spacial score (nSPS) is 10.4. The molecule has 2 nitrogen and oxygen atoms in total. The minimum atomic E-state index is 0.947. The van der Waals surface area contributed by atoms with Gasteiger partial charge in [0.15, 0.2) is 0 Å². The van der Waals surface area contributed by atoms with Gasteiger partial charge in [0.05, 0.1) is 11.2 Å². The van der Waals surface area contributed by atoms with Crippen molar-refractivity contribution < 1.29 is 0 Å². The van der Waals surface area contributed by atoms with Crippen LogP contribution in [0.5, 0.6) is 0 Å². The summed E-state index contributed by atoms with van der Waals surface area (Å²) in [7, 11) is 0. The number of hydrogen-bond acceptors (Lipinski definition) is 2. The first kappa shape index (κ1) is 12.1. The number of allylic oxidation sites excluding steroid dienone is 1. The number of nitrogens with one attached hydrogen (secondary N) is 1. The molecule has 0 amide bonds. The molecule has 3 heteroatoms. The van der Waals surface area contributed by atoms with E-state index in [-0.39, 0.29) is 0 Å². The number of aromatic nitrogens is 1. The van der Waals surface area contributed by atoms with Crippen LogP contribution < -0.4 is 5.32 Å². The number of pyridine rings is 1. The van der Waals surface area contributed by atoms with Crippen LogP contribution in [0.25, 0.3) is 10.9 Å². The minimum Gasteiger partial charge on any atom is -0.383 e. The summed E-state index contributed by atoms with van der Waals surface area (Å²) < 4.78 is 1.01. The van der Waals surface area contributed by atoms with E-state index in [1.165, 1.54) is 0 Å². The van der Waals surface area contributed by atoms with E-state index in [9.17, 15) is 0 Å². The maximum absolute atomic E-state index is 4.45. The third kappa shape index (κ3) is 3.07. The van der Waals surface area contributed by atoms with E-state index in [1.807, 2.05) is 18.3 Å². The van der Waals surface area contributed by atoms with E-state index >= 15 is 0 Å². The van der Waals surface area contributed by atoms with Crippen molar-refractivity contribution in [1.29, 1.82) is 0 Å². The Hall–Kier alpha value is -1.35. The number of rotatable bonds is 5. The molecule has 0 spiro atoms. The van der Waals surface area contributed by atoms with Crippen molar-refractivity contribution in [2.24, 2.45) is 0 Å². The molecule has 0 fully saturated rings. The number of nitrogens with zero attached hydrogens (tertiary/aromatic N) is 1. The number of para-hydroxylation sites is 1. The van der Waals surface area contributed by atoms with Crippen LogP contribution in [0.2, 0.25) is 0 Å². The maximum Gasteiger partial charge on any atom is 0.0934 e. The van der Waals surface area contributed by atoms with Gasteiger partial charge in [-0.25, -0.2) is 0 Å². The van der Waals surface area contributed by atoms with E-state index < -0.39 is 0 Å². The molecule has 0 saturated heterocycles. The highest BCUT2D eigenvalue weighted by atomic mass is 79.9. The van der Waals surface area contributed by atoms with Crippen LogP contribution in [-0.4, -0.2) is 11.5 Å². The zero-order chi connectivity index (χ0) is 12.1. The van der Waals surface area contributed by atoms with Gasteiger partial charge in [-0.1, -0.05) is 18.2 Å². The quantitative estimate of drug-likeness (QED) is 0.653. The standard InChI is InChI=1S/C14H15BrN2/c1-2-3-4-8-16-13-7-5-6-11-9-12(15)10-17-14(11)13/h2,5-7,9-10,16H,1,3-4,8H2. The molecule has 1 aromatic carbocycles. The summed E-state index contributed by atoms with van der Waals surface area (Å²) in [5, 5.41) is 4.56. The van der Waals surface area contributed by atoms with Gasteiger partial charge in [-0.2, -0.15) is 0 Å². The highest BCUT2D eigenvalue weighted by molar-refractivity contribution is 9.10. The van der Waals surface area contributed by atoms with E-state index in [1.54, 1.807) is 0 Å². The summed E-state index contributed by atoms with van der Waals surface area (Å²) in [6, 6.07) is 8.27. The molecule has 88 valence electrons. The van der Waals surface area contributed by atoms with Gasteiger partial charge >= 0.3 is 0 Å². The van der Waals surface area contributed by atoms with E-state index in [0.717, 1.165) is 40.4 Å². The molecule has 1 aromatic heterocycles. The van der Waals surface area contributed by atoms with E-state index in [4.69, 9.17) is 0 Å². The third-order valence-electron chi connectivity index (χ3n) is 2.58. The van der Waals surface area contributed by atoms with Crippen molar-refractivity contribution in [2.75, 3.05) is 11.9 Å². The van der Waals surface area contributed by atoms with Crippen LogP contribution in [0.4, 0.5) is 5.69 Å². The zero-order valence-electron chi connectivity index (χ0n) is 9.62. The van der Waals surface area contributed by atoms with Crippen molar-refractivity contribution >= 4 is 32.5 Å². The first-order valence-electron chi connectivity index (χ1n) is 5.70. The Kier molecular flexibility index (Phi) is 4.15. The Morgan fingerprint density at radius 3 is 3.12 bits per heavy atom. The molecule has 1 N–H and O–H groups in total. The minimum absolute atomic E-state index is 0.947. The van der Waals surface area contributed by atoms with Gasteiger partial charge in [0.25, 0.3) is 0 Å². The SMILES string of the molecule is C=CCCCNc1cccc2cc(Br)cnc12. The molecule has 2 rings (SSSR count). The molecule has 0 bridgehead atoms. The van der Waals surface area contributed by atoms with Crippen molar-refractivity contribution in [2.45, 2.75) is 12.8 Å². The van der Waals surface area contributed by atoms with Gasteiger partial charge in [0.2, 0.25) is 0 Å². The highest BCUT2D eigenvalue weighted by Crippen LogP contribution is 2.23. The van der Waals surface area contributed by atoms with Crippen LogP contribution in [0.15, 0.2) is 47.6 Å². The van der Waals surface area contributed by atoms with Crippen molar-refractivity contribution in [3.63, 3.8) is 0 Å². The molecular weight excluding hydrogens is 276 g/mol. The highest BCUT2D eigenvalue weighted by Gasteiger charge is 2.01. The van der Waals surface area contributed by atoms with Crippen molar-refractivity contribution in [3.8, 4) is 0 Å². The number of anilines is 1. The molecule has 0 saturated carbocycles. The number of halogens is 1. The van der Waals surface area contributed by atoms with E-state index in [0.29, 0.717) is 0 Å². The van der Waals surface area contributed by atoms with Crippen LogP contribution in [0, 0.1) is 0 Å². The van der Waals surface area contributed by atoms with Gasteiger partial charge in [0, 0.05) is 22.6 Å². The second kappa shape index (κ2) is 5.82. The largest absolute Gasteiger partial charge is 0.383 e. The Morgan fingerprint density at radius 1 is 1.41 bits per heavy atom. The van der Waals surface area contributed by atoms with Gasteiger partial charge < -0.3 is 5.32 Å². The second-order valence-corrected chi connectivity index (χ2v) is 4.80. The molecule has 0 radical (unpaired) electrons. The number of hydrogen-bond donors (Lipinski definition) is 1. The lowest BCUT2D eigenvalue weighted by Crippen LogP contribution is -2.01. The molecule has 0 aliphatic rings. The third-order valence-corrected chi connectivity index (χ3v) is 3.01. The summed E-state index contributed by atoms with van der Waals surface area (Å²) in [6.07, 6.45) is 5.91. The predicted molar refractivity (Wildman–Crippen MR) is 77.4 cm³/mol. The molecule has 1 heterocycles. The van der Waals surface area contributed by atoms with Crippen LogP contribution in [-0.2, 0) is 0 Å². The lowest BCUT2D eigenvalue weighted by molar-refractivity contribution is 0.891. The summed E-state index contributed by atoms with van der Waals surface area (Å²) >= 11 is 3.44. The van der Waals surface area contributed by atoms with Crippen LogP contribution in [0.3, 0.4) is 0 Å². The number of unbranched alkanes of at least 4 members (excludes halogenated alkanes) is 1. The average molecular weight is 291 g/mol. The smallest absolute Gasteiger partial charge is 0.0934 e. The van der Waals surface area contributed by atoms with Crippen LogP contribution in [0.1, 0.15) is 12.8 Å². The lowest BCUT2D eigenvalue weighted by atomic mass is 10.2. The zero-order valence-corrected chi connectivity index (χ0v) is 11.2. The van der Waals surface area contributed by atoms with Crippen LogP contribution >= 0.6 is 15.9 Å². The Labute approximate surface area is 110 Å². The Morgan fingerprint density at radius 2 is 2.29 bits per heavy atom. The number of benzene rings is 1. The topological polar surface area (TPSA) is 24.9 Å². The first-order chi connectivity index (χ1) is 8.31. The maximum atomic E-state index is 4.45. The Bertz CT molecular complexity index is 523. The fraction of sp³-hybridized carbons (Fsp3) is 0.214. The summed E-state index contributed by atoms with van der Waals surface area (Å²) in [5.41, 5.74) is 2.12. The summed E-state index contributed by atoms with van der Waals surface area (Å²) in [6.45, 7) is 4.67. The fourth-order valence-corrected chi connectivity index (χ4v) is 2.10. The lowest BCUT2D eigenvalue weighted by Gasteiger charge is -2.08. The Balaban J connectivity index is 2.19. The van der Waals surface area contributed by atoms with Crippen molar-refractivity contribution in [1.82, 2.24) is 4.98 Å². The molecule has 17 heavy (non-hydrogen) atoms. The molecule has 0 unspecified atom stereocenters.